The lowest BCUT2D eigenvalue weighted by atomic mass is 9.95. The Morgan fingerprint density at radius 2 is 1.81 bits per heavy atom. The highest BCUT2D eigenvalue weighted by atomic mass is 32.1. The molecule has 0 bridgehead atoms. The number of amides is 2. The van der Waals surface area contributed by atoms with Crippen molar-refractivity contribution >= 4 is 34.0 Å². The summed E-state index contributed by atoms with van der Waals surface area (Å²) in [7, 11) is 0. The van der Waals surface area contributed by atoms with E-state index in [2.05, 4.69) is 44.7 Å². The lowest BCUT2D eigenvalue weighted by Crippen LogP contribution is -2.48. The Hall–Kier alpha value is -2.58. The third-order valence-electron chi connectivity index (χ3n) is 6.09. The van der Waals surface area contributed by atoms with E-state index in [0.29, 0.717) is 23.7 Å². The van der Waals surface area contributed by atoms with Crippen molar-refractivity contribution < 1.29 is 14.3 Å². The summed E-state index contributed by atoms with van der Waals surface area (Å²) in [5.41, 5.74) is 2.88. The van der Waals surface area contributed by atoms with Gasteiger partial charge < -0.3 is 15.0 Å². The molecule has 32 heavy (non-hydrogen) atoms. The molecule has 2 amide bonds. The second kappa shape index (κ2) is 10.8. The minimum absolute atomic E-state index is 0.267. The van der Waals surface area contributed by atoms with Crippen LogP contribution < -0.4 is 15.5 Å². The van der Waals surface area contributed by atoms with E-state index in [0.717, 1.165) is 64.0 Å². The number of piperazine rings is 1. The van der Waals surface area contributed by atoms with Crippen LogP contribution in [0.5, 0.6) is 0 Å². The number of anilines is 2. The van der Waals surface area contributed by atoms with E-state index in [-0.39, 0.29) is 12.0 Å². The molecule has 8 heteroatoms. The highest BCUT2D eigenvalue weighted by molar-refractivity contribution is 7.17. The normalized spacial score (nSPS) is 16.3. The maximum Gasteiger partial charge on any atom is 0.341 e. The highest BCUT2D eigenvalue weighted by Crippen LogP contribution is 2.38. The van der Waals surface area contributed by atoms with Crippen molar-refractivity contribution in [3.8, 4) is 0 Å². The molecule has 0 saturated carbocycles. The van der Waals surface area contributed by atoms with Gasteiger partial charge in [0.1, 0.15) is 5.00 Å². The zero-order valence-electron chi connectivity index (χ0n) is 18.7. The van der Waals surface area contributed by atoms with E-state index in [1.807, 2.05) is 6.07 Å². The number of nitrogens with one attached hydrogen (secondary N) is 2. The Morgan fingerprint density at radius 1 is 1.06 bits per heavy atom. The Balaban J connectivity index is 1.26. The summed E-state index contributed by atoms with van der Waals surface area (Å²) >= 11 is 1.52. The predicted molar refractivity (Wildman–Crippen MR) is 129 cm³/mol. The fraction of sp³-hybridized carbons (Fsp3) is 0.500. The number of rotatable bonds is 7. The fourth-order valence-corrected chi connectivity index (χ4v) is 5.69. The molecule has 0 atom stereocenters. The third-order valence-corrected chi connectivity index (χ3v) is 7.29. The second-order valence-corrected chi connectivity index (χ2v) is 9.29. The van der Waals surface area contributed by atoms with Crippen LogP contribution in [0.4, 0.5) is 15.5 Å². The summed E-state index contributed by atoms with van der Waals surface area (Å²) in [4.78, 5) is 31.0. The molecule has 1 fully saturated rings. The van der Waals surface area contributed by atoms with Crippen LogP contribution in [0.3, 0.4) is 0 Å². The molecule has 2 N–H and O–H groups in total. The van der Waals surface area contributed by atoms with E-state index in [4.69, 9.17) is 4.74 Å². The predicted octanol–water partition coefficient (Wildman–Crippen LogP) is 3.75. The molecule has 1 aliphatic carbocycles. The molecule has 1 aliphatic heterocycles. The maximum absolute atomic E-state index is 12.5. The summed E-state index contributed by atoms with van der Waals surface area (Å²) in [5.74, 6) is -0.335. The highest BCUT2D eigenvalue weighted by Gasteiger charge is 2.27. The first-order valence-electron chi connectivity index (χ1n) is 11.5. The van der Waals surface area contributed by atoms with Gasteiger partial charge in [-0.3, -0.25) is 10.2 Å². The standard InChI is InChI=1S/C24H32N4O3S/c1-2-31-23(29)21-19-10-6-7-11-20(19)32-22(21)26-24(30)25-12-13-27-14-16-28(17-15-27)18-8-4-3-5-9-18/h3-5,8-9H,2,6-7,10-17H2,1H3,(H2,25,26,30). The van der Waals surface area contributed by atoms with Gasteiger partial charge in [0.05, 0.1) is 12.2 Å². The molecule has 1 aromatic heterocycles. The van der Waals surface area contributed by atoms with E-state index in [1.165, 1.54) is 21.9 Å². The molecular weight excluding hydrogens is 424 g/mol. The van der Waals surface area contributed by atoms with Crippen LogP contribution in [0.1, 0.15) is 40.6 Å². The Bertz CT molecular complexity index is 923. The number of fused-ring (bicyclic) bond motifs is 1. The van der Waals surface area contributed by atoms with Crippen molar-refractivity contribution in [3.63, 3.8) is 0 Å². The van der Waals surface area contributed by atoms with E-state index < -0.39 is 0 Å². The van der Waals surface area contributed by atoms with Gasteiger partial charge in [-0.25, -0.2) is 9.59 Å². The van der Waals surface area contributed by atoms with Crippen molar-refractivity contribution in [2.24, 2.45) is 0 Å². The number of para-hydroxylation sites is 1. The van der Waals surface area contributed by atoms with Crippen LogP contribution in [0.2, 0.25) is 0 Å². The monoisotopic (exact) mass is 456 g/mol. The fourth-order valence-electron chi connectivity index (χ4n) is 4.42. The minimum atomic E-state index is -0.335. The van der Waals surface area contributed by atoms with Gasteiger partial charge in [0.25, 0.3) is 0 Å². The van der Waals surface area contributed by atoms with E-state index >= 15 is 0 Å². The summed E-state index contributed by atoms with van der Waals surface area (Å²) in [6, 6.07) is 10.2. The first-order chi connectivity index (χ1) is 15.7. The Morgan fingerprint density at radius 3 is 2.56 bits per heavy atom. The molecule has 2 aliphatic rings. The van der Waals surface area contributed by atoms with Gasteiger partial charge in [0, 0.05) is 49.8 Å². The van der Waals surface area contributed by atoms with Gasteiger partial charge in [-0.15, -0.1) is 11.3 Å². The van der Waals surface area contributed by atoms with Crippen molar-refractivity contribution in [3.05, 3.63) is 46.3 Å². The van der Waals surface area contributed by atoms with E-state index in [9.17, 15) is 9.59 Å². The molecule has 1 aromatic carbocycles. The number of benzene rings is 1. The molecule has 2 heterocycles. The van der Waals surface area contributed by atoms with Crippen molar-refractivity contribution in [1.29, 1.82) is 0 Å². The lowest BCUT2D eigenvalue weighted by molar-refractivity contribution is 0.0526. The number of aryl methyl sites for hydroxylation is 1. The number of esters is 1. The summed E-state index contributed by atoms with van der Waals surface area (Å²) in [6.07, 6.45) is 4.03. The molecule has 7 nitrogen and oxygen atoms in total. The lowest BCUT2D eigenvalue weighted by Gasteiger charge is -2.36. The summed E-state index contributed by atoms with van der Waals surface area (Å²) in [5, 5.41) is 6.48. The molecule has 172 valence electrons. The van der Waals surface area contributed by atoms with Crippen LogP contribution in [0.25, 0.3) is 0 Å². The number of thiophene rings is 1. The third kappa shape index (κ3) is 5.42. The summed E-state index contributed by atoms with van der Waals surface area (Å²) in [6.45, 7) is 7.42. The van der Waals surface area contributed by atoms with Gasteiger partial charge in [0.2, 0.25) is 0 Å². The average Bonchev–Trinajstić information content (AvgIpc) is 3.18. The van der Waals surface area contributed by atoms with Gasteiger partial charge >= 0.3 is 12.0 Å². The number of urea groups is 1. The largest absolute Gasteiger partial charge is 0.462 e. The number of ether oxygens (including phenoxy) is 1. The molecule has 4 rings (SSSR count). The second-order valence-electron chi connectivity index (χ2n) is 8.18. The number of nitrogens with zero attached hydrogens (tertiary/aromatic N) is 2. The van der Waals surface area contributed by atoms with Gasteiger partial charge in [-0.1, -0.05) is 18.2 Å². The number of hydrogen-bond donors (Lipinski definition) is 2. The molecule has 0 radical (unpaired) electrons. The number of carbonyl (C=O) groups excluding carboxylic acids is 2. The van der Waals surface area contributed by atoms with Gasteiger partial charge in [-0.2, -0.15) is 0 Å². The molecule has 1 saturated heterocycles. The van der Waals surface area contributed by atoms with Gasteiger partial charge in [-0.05, 0) is 50.3 Å². The zero-order valence-corrected chi connectivity index (χ0v) is 19.5. The Labute approximate surface area is 193 Å². The van der Waals surface area contributed by atoms with Crippen LogP contribution in [-0.2, 0) is 17.6 Å². The molecule has 2 aromatic rings. The quantitative estimate of drug-likeness (QED) is 0.621. The van der Waals surface area contributed by atoms with Crippen LogP contribution in [-0.4, -0.2) is 62.8 Å². The van der Waals surface area contributed by atoms with Crippen LogP contribution in [0.15, 0.2) is 30.3 Å². The van der Waals surface area contributed by atoms with Crippen molar-refractivity contribution in [1.82, 2.24) is 10.2 Å². The smallest absolute Gasteiger partial charge is 0.341 e. The van der Waals surface area contributed by atoms with Crippen LogP contribution in [0, 0.1) is 0 Å². The molecular formula is C24H32N4O3S. The SMILES string of the molecule is CCOC(=O)c1c(NC(=O)NCCN2CCN(c3ccccc3)CC2)sc2c1CCCC2. The minimum Gasteiger partial charge on any atom is -0.462 e. The molecule has 0 unspecified atom stereocenters. The number of hydrogen-bond acceptors (Lipinski definition) is 6. The zero-order chi connectivity index (χ0) is 22.3. The first kappa shape index (κ1) is 22.6. The summed E-state index contributed by atoms with van der Waals surface area (Å²) < 4.78 is 5.26. The van der Waals surface area contributed by atoms with Gasteiger partial charge in [0.15, 0.2) is 0 Å². The van der Waals surface area contributed by atoms with Crippen molar-refractivity contribution in [2.45, 2.75) is 32.6 Å². The average molecular weight is 457 g/mol. The number of carbonyl (C=O) groups is 2. The van der Waals surface area contributed by atoms with Crippen LogP contribution >= 0.6 is 11.3 Å². The van der Waals surface area contributed by atoms with E-state index in [1.54, 1.807) is 6.92 Å². The molecule has 0 spiro atoms. The topological polar surface area (TPSA) is 73.9 Å². The maximum atomic E-state index is 12.5. The first-order valence-corrected chi connectivity index (χ1v) is 12.4. The van der Waals surface area contributed by atoms with Crippen molar-refractivity contribution in [2.75, 3.05) is 56.1 Å². The Kier molecular flexibility index (Phi) is 7.65.